The van der Waals surface area contributed by atoms with Gasteiger partial charge in [-0.25, -0.2) is 0 Å². The molecule has 0 radical (unpaired) electrons. The van der Waals surface area contributed by atoms with Crippen molar-refractivity contribution in [2.75, 3.05) is 20.2 Å². The van der Waals surface area contributed by atoms with Crippen LogP contribution in [0.5, 0.6) is 5.75 Å². The van der Waals surface area contributed by atoms with Crippen LogP contribution in [0.2, 0.25) is 0 Å². The molecule has 5 heteroatoms. The van der Waals surface area contributed by atoms with E-state index in [1.165, 1.54) is 12.8 Å². The Kier molecular flexibility index (Phi) is 4.55. The highest BCUT2D eigenvalue weighted by Gasteiger charge is 2.45. The van der Waals surface area contributed by atoms with Crippen LogP contribution < -0.4 is 4.74 Å². The van der Waals surface area contributed by atoms with Crippen LogP contribution >= 0.6 is 0 Å². The normalized spacial score (nSPS) is 24.6. The number of hydrogen-bond donors (Lipinski definition) is 0. The molecule has 2 heterocycles. The van der Waals surface area contributed by atoms with Crippen LogP contribution in [-0.4, -0.2) is 42.3 Å². The molecule has 2 aliphatic heterocycles. The van der Waals surface area contributed by atoms with E-state index < -0.39 is 5.60 Å². The highest BCUT2D eigenvalue weighted by atomic mass is 16.7. The standard InChI is InChI=1S/C18H24N2O3/c1-18(17(21)20-11-7-3-4-8-12-20)13-15(19-23-18)14-9-5-6-10-16(14)22-2/h5-6,9-10H,3-4,7-8,11-13H2,1-2H3/t18-/m1/s1. The van der Waals surface area contributed by atoms with Gasteiger partial charge in [0.25, 0.3) is 5.91 Å². The average molecular weight is 316 g/mol. The van der Waals surface area contributed by atoms with E-state index in [2.05, 4.69) is 5.16 Å². The number of methoxy groups -OCH3 is 1. The van der Waals surface area contributed by atoms with E-state index in [1.807, 2.05) is 36.1 Å². The Labute approximate surface area is 137 Å². The number of carbonyl (C=O) groups excluding carboxylic acids is 1. The monoisotopic (exact) mass is 316 g/mol. The number of carbonyl (C=O) groups is 1. The summed E-state index contributed by atoms with van der Waals surface area (Å²) in [6.07, 6.45) is 5.02. The lowest BCUT2D eigenvalue weighted by Crippen LogP contribution is -2.47. The summed E-state index contributed by atoms with van der Waals surface area (Å²) in [7, 11) is 1.64. The second-order valence-electron chi connectivity index (χ2n) is 6.44. The molecule has 1 atom stereocenters. The molecular formula is C18H24N2O3. The van der Waals surface area contributed by atoms with E-state index in [-0.39, 0.29) is 5.91 Å². The maximum atomic E-state index is 12.9. The van der Waals surface area contributed by atoms with Crippen molar-refractivity contribution < 1.29 is 14.4 Å². The maximum Gasteiger partial charge on any atom is 0.269 e. The lowest BCUT2D eigenvalue weighted by Gasteiger charge is -2.29. The molecule has 0 unspecified atom stereocenters. The number of benzene rings is 1. The molecular weight excluding hydrogens is 292 g/mol. The molecule has 0 spiro atoms. The van der Waals surface area contributed by atoms with Crippen LogP contribution in [-0.2, 0) is 9.63 Å². The number of ether oxygens (including phenoxy) is 1. The molecule has 0 aliphatic carbocycles. The van der Waals surface area contributed by atoms with Crippen molar-refractivity contribution in [1.82, 2.24) is 4.90 Å². The van der Waals surface area contributed by atoms with E-state index in [0.717, 1.165) is 43.0 Å². The van der Waals surface area contributed by atoms with E-state index in [9.17, 15) is 4.79 Å². The third-order valence-corrected chi connectivity index (χ3v) is 4.63. The number of hydrogen-bond acceptors (Lipinski definition) is 4. The molecule has 1 saturated heterocycles. The summed E-state index contributed by atoms with van der Waals surface area (Å²) < 4.78 is 5.39. The van der Waals surface area contributed by atoms with Crippen LogP contribution in [0.25, 0.3) is 0 Å². The molecule has 1 aromatic rings. The first kappa shape index (κ1) is 15.8. The molecule has 5 nitrogen and oxygen atoms in total. The van der Waals surface area contributed by atoms with Crippen LogP contribution in [0.15, 0.2) is 29.4 Å². The summed E-state index contributed by atoms with van der Waals surface area (Å²) >= 11 is 0. The van der Waals surface area contributed by atoms with Crippen molar-refractivity contribution in [2.24, 2.45) is 5.16 Å². The fourth-order valence-corrected chi connectivity index (χ4v) is 3.29. The molecule has 124 valence electrons. The third kappa shape index (κ3) is 3.19. The zero-order valence-electron chi connectivity index (χ0n) is 13.9. The van der Waals surface area contributed by atoms with Gasteiger partial charge in [0.2, 0.25) is 5.60 Å². The van der Waals surface area contributed by atoms with Gasteiger partial charge in [-0.05, 0) is 31.9 Å². The fraction of sp³-hybridized carbons (Fsp3) is 0.556. The van der Waals surface area contributed by atoms with E-state index in [1.54, 1.807) is 7.11 Å². The van der Waals surface area contributed by atoms with Gasteiger partial charge in [-0.1, -0.05) is 30.1 Å². The first-order valence-electron chi connectivity index (χ1n) is 8.32. The number of para-hydroxylation sites is 1. The zero-order chi connectivity index (χ0) is 16.3. The smallest absolute Gasteiger partial charge is 0.269 e. The van der Waals surface area contributed by atoms with Crippen molar-refractivity contribution in [3.8, 4) is 5.75 Å². The molecule has 0 bridgehead atoms. The molecule has 1 aromatic carbocycles. The number of amides is 1. The largest absolute Gasteiger partial charge is 0.496 e. The van der Waals surface area contributed by atoms with Crippen LogP contribution in [0.3, 0.4) is 0 Å². The average Bonchev–Trinajstić information content (AvgIpc) is 2.81. The first-order chi connectivity index (χ1) is 11.1. The predicted molar refractivity (Wildman–Crippen MR) is 88.7 cm³/mol. The van der Waals surface area contributed by atoms with Crippen molar-refractivity contribution in [2.45, 2.75) is 44.6 Å². The SMILES string of the molecule is COc1ccccc1C1=NO[C@@](C)(C(=O)N2CCCCCC2)C1. The number of nitrogens with zero attached hydrogens (tertiary/aromatic N) is 2. The molecule has 0 N–H and O–H groups in total. The Hall–Kier alpha value is -2.04. The minimum Gasteiger partial charge on any atom is -0.496 e. The van der Waals surface area contributed by atoms with Crippen LogP contribution in [0, 0.1) is 0 Å². The molecule has 0 saturated carbocycles. The second kappa shape index (κ2) is 6.60. The number of rotatable bonds is 3. The van der Waals surface area contributed by atoms with Crippen molar-refractivity contribution >= 4 is 11.6 Å². The fourth-order valence-electron chi connectivity index (χ4n) is 3.29. The topological polar surface area (TPSA) is 51.1 Å². The summed E-state index contributed by atoms with van der Waals surface area (Å²) in [5.74, 6) is 0.800. The van der Waals surface area contributed by atoms with Crippen molar-refractivity contribution in [3.63, 3.8) is 0 Å². The summed E-state index contributed by atoms with van der Waals surface area (Å²) in [6.45, 7) is 3.48. The van der Waals surface area contributed by atoms with Gasteiger partial charge in [-0.2, -0.15) is 0 Å². The Balaban J connectivity index is 1.75. The van der Waals surface area contributed by atoms with Gasteiger partial charge in [0.1, 0.15) is 5.75 Å². The molecule has 1 fully saturated rings. The van der Waals surface area contributed by atoms with Gasteiger partial charge >= 0.3 is 0 Å². The number of likely N-dealkylation sites (tertiary alicyclic amines) is 1. The lowest BCUT2D eigenvalue weighted by molar-refractivity contribution is -0.153. The molecule has 0 aromatic heterocycles. The quantitative estimate of drug-likeness (QED) is 0.861. The van der Waals surface area contributed by atoms with Gasteiger partial charge in [0.05, 0.1) is 12.8 Å². The summed E-state index contributed by atoms with van der Waals surface area (Å²) in [5.41, 5.74) is 0.760. The van der Waals surface area contributed by atoms with Crippen molar-refractivity contribution in [1.29, 1.82) is 0 Å². The Morgan fingerprint density at radius 2 is 1.91 bits per heavy atom. The zero-order valence-corrected chi connectivity index (χ0v) is 13.9. The maximum absolute atomic E-state index is 12.9. The second-order valence-corrected chi connectivity index (χ2v) is 6.44. The molecule has 3 rings (SSSR count). The van der Waals surface area contributed by atoms with E-state index in [4.69, 9.17) is 9.57 Å². The first-order valence-corrected chi connectivity index (χ1v) is 8.32. The van der Waals surface area contributed by atoms with E-state index >= 15 is 0 Å². The minimum absolute atomic E-state index is 0.0491. The van der Waals surface area contributed by atoms with Gasteiger partial charge < -0.3 is 14.5 Å². The van der Waals surface area contributed by atoms with Gasteiger partial charge in [-0.3, -0.25) is 4.79 Å². The summed E-state index contributed by atoms with van der Waals surface area (Å²) in [5, 5.41) is 4.20. The summed E-state index contributed by atoms with van der Waals surface area (Å²) in [6, 6.07) is 7.69. The minimum atomic E-state index is -0.902. The van der Waals surface area contributed by atoms with Crippen LogP contribution in [0.1, 0.15) is 44.6 Å². The Morgan fingerprint density at radius 3 is 2.61 bits per heavy atom. The van der Waals surface area contributed by atoms with Gasteiger partial charge in [-0.15, -0.1) is 0 Å². The lowest BCUT2D eigenvalue weighted by atomic mass is 9.94. The van der Waals surface area contributed by atoms with Crippen LogP contribution in [0.4, 0.5) is 0 Å². The van der Waals surface area contributed by atoms with E-state index in [0.29, 0.717) is 6.42 Å². The predicted octanol–water partition coefficient (Wildman–Crippen LogP) is 2.98. The van der Waals surface area contributed by atoms with Crippen molar-refractivity contribution in [3.05, 3.63) is 29.8 Å². The molecule has 1 amide bonds. The highest BCUT2D eigenvalue weighted by Crippen LogP contribution is 2.32. The Morgan fingerprint density at radius 1 is 1.22 bits per heavy atom. The van der Waals surface area contributed by atoms with Gasteiger partial charge in [0.15, 0.2) is 0 Å². The highest BCUT2D eigenvalue weighted by molar-refractivity contribution is 6.07. The number of oxime groups is 1. The van der Waals surface area contributed by atoms with Gasteiger partial charge in [0, 0.05) is 25.1 Å². The Bertz CT molecular complexity index is 606. The molecule has 2 aliphatic rings. The summed E-state index contributed by atoms with van der Waals surface area (Å²) in [4.78, 5) is 20.4. The molecule has 23 heavy (non-hydrogen) atoms. The third-order valence-electron chi connectivity index (χ3n) is 4.63.